The number of carbonyl (C=O) groups excluding carboxylic acids is 2. The summed E-state index contributed by atoms with van der Waals surface area (Å²) in [5, 5.41) is 0. The van der Waals surface area contributed by atoms with Crippen LogP contribution in [0.4, 0.5) is 4.79 Å². The van der Waals surface area contributed by atoms with E-state index in [4.69, 9.17) is 9.47 Å². The molecule has 0 atom stereocenters. The van der Waals surface area contributed by atoms with E-state index in [2.05, 4.69) is 6.92 Å². The Hall–Kier alpha value is -1.26. The first-order chi connectivity index (χ1) is 13.6. The van der Waals surface area contributed by atoms with Gasteiger partial charge in [-0.2, -0.15) is 0 Å². The minimum absolute atomic E-state index is 0.0580. The van der Waals surface area contributed by atoms with E-state index in [0.29, 0.717) is 13.2 Å². The highest BCUT2D eigenvalue weighted by molar-refractivity contribution is 5.77. The third kappa shape index (κ3) is 18.1. The van der Waals surface area contributed by atoms with E-state index in [0.717, 1.165) is 12.8 Å². The highest BCUT2D eigenvalue weighted by Gasteiger charge is 2.14. The van der Waals surface area contributed by atoms with Crippen LogP contribution in [0, 0.1) is 0 Å². The molecular formula is C23H45NO4. The molecule has 0 aliphatic heterocycles. The van der Waals surface area contributed by atoms with Crippen LogP contribution in [0.15, 0.2) is 0 Å². The van der Waals surface area contributed by atoms with E-state index in [-0.39, 0.29) is 12.5 Å². The normalized spacial score (nSPS) is 10.7. The second kappa shape index (κ2) is 20.5. The Morgan fingerprint density at radius 1 is 0.643 bits per heavy atom. The monoisotopic (exact) mass is 399 g/mol. The molecule has 28 heavy (non-hydrogen) atoms. The van der Waals surface area contributed by atoms with Crippen molar-refractivity contribution in [2.75, 3.05) is 26.8 Å². The fourth-order valence-corrected chi connectivity index (χ4v) is 3.20. The van der Waals surface area contributed by atoms with E-state index < -0.39 is 6.09 Å². The Kier molecular flexibility index (Phi) is 19.6. The lowest BCUT2D eigenvalue weighted by atomic mass is 10.0. The van der Waals surface area contributed by atoms with Crippen LogP contribution in [-0.4, -0.2) is 43.8 Å². The minimum atomic E-state index is -0.494. The summed E-state index contributed by atoms with van der Waals surface area (Å²) < 4.78 is 9.98. The quantitative estimate of drug-likeness (QED) is 0.184. The summed E-state index contributed by atoms with van der Waals surface area (Å²) in [5.41, 5.74) is 0. The molecule has 0 aliphatic carbocycles. The lowest BCUT2D eigenvalue weighted by Gasteiger charge is -2.15. The summed E-state index contributed by atoms with van der Waals surface area (Å²) in [6.45, 7) is 4.69. The van der Waals surface area contributed by atoms with E-state index in [1.165, 1.54) is 95.4 Å². The Morgan fingerprint density at radius 3 is 1.50 bits per heavy atom. The number of ether oxygens (including phenoxy) is 2. The predicted octanol–water partition coefficient (Wildman–Crippen LogP) is 6.49. The average molecular weight is 400 g/mol. The van der Waals surface area contributed by atoms with Gasteiger partial charge in [-0.05, 0) is 13.3 Å². The number of hydrogen-bond acceptors (Lipinski definition) is 4. The van der Waals surface area contributed by atoms with Crippen molar-refractivity contribution in [3.05, 3.63) is 0 Å². The molecule has 0 saturated carbocycles. The van der Waals surface area contributed by atoms with Crippen molar-refractivity contribution in [2.24, 2.45) is 0 Å². The molecule has 5 heteroatoms. The Morgan fingerprint density at radius 2 is 1.07 bits per heavy atom. The molecule has 5 nitrogen and oxygen atoms in total. The SMILES string of the molecule is CCCCCCCCCCCCCCCCCOC(=O)CN(C)C(=O)OCC. The summed E-state index contributed by atoms with van der Waals surface area (Å²) >= 11 is 0. The van der Waals surface area contributed by atoms with Gasteiger partial charge in [-0.1, -0.05) is 96.8 Å². The van der Waals surface area contributed by atoms with Gasteiger partial charge in [0.1, 0.15) is 6.54 Å². The number of hydrogen-bond donors (Lipinski definition) is 0. The molecule has 0 aromatic rings. The molecule has 0 aliphatic rings. The van der Waals surface area contributed by atoms with Crippen LogP contribution in [0.1, 0.15) is 110 Å². The van der Waals surface area contributed by atoms with E-state index >= 15 is 0 Å². The lowest BCUT2D eigenvalue weighted by Crippen LogP contribution is -2.33. The van der Waals surface area contributed by atoms with Crippen LogP contribution in [0.25, 0.3) is 0 Å². The first-order valence-electron chi connectivity index (χ1n) is 11.6. The lowest BCUT2D eigenvalue weighted by molar-refractivity contribution is -0.144. The Balaban J connectivity index is 3.27. The number of nitrogens with zero attached hydrogens (tertiary/aromatic N) is 1. The topological polar surface area (TPSA) is 55.8 Å². The highest BCUT2D eigenvalue weighted by Crippen LogP contribution is 2.13. The number of rotatable bonds is 19. The molecular weight excluding hydrogens is 354 g/mol. The number of amides is 1. The first kappa shape index (κ1) is 26.7. The van der Waals surface area contributed by atoms with Gasteiger partial charge in [-0.15, -0.1) is 0 Å². The molecule has 166 valence electrons. The zero-order valence-electron chi connectivity index (χ0n) is 18.8. The second-order valence-corrected chi connectivity index (χ2v) is 7.73. The largest absolute Gasteiger partial charge is 0.464 e. The number of carbonyl (C=O) groups is 2. The molecule has 0 spiro atoms. The van der Waals surface area contributed by atoms with Gasteiger partial charge < -0.3 is 14.4 Å². The highest BCUT2D eigenvalue weighted by atomic mass is 16.6. The fourth-order valence-electron chi connectivity index (χ4n) is 3.20. The summed E-state index contributed by atoms with van der Waals surface area (Å²) in [5.74, 6) is -0.374. The van der Waals surface area contributed by atoms with Gasteiger partial charge in [0, 0.05) is 7.05 Å². The van der Waals surface area contributed by atoms with Crippen molar-refractivity contribution in [3.8, 4) is 0 Å². The molecule has 1 amide bonds. The maximum Gasteiger partial charge on any atom is 0.410 e. The number of likely N-dealkylation sites (N-methyl/N-ethyl adjacent to an activating group) is 1. The van der Waals surface area contributed by atoms with Crippen molar-refractivity contribution < 1.29 is 19.1 Å². The van der Waals surface area contributed by atoms with E-state index in [9.17, 15) is 9.59 Å². The summed E-state index contributed by atoms with van der Waals surface area (Å²) in [7, 11) is 1.53. The van der Waals surface area contributed by atoms with Crippen molar-refractivity contribution in [3.63, 3.8) is 0 Å². The molecule has 0 aromatic carbocycles. The summed E-state index contributed by atoms with van der Waals surface area (Å²) in [4.78, 5) is 24.3. The van der Waals surface area contributed by atoms with Gasteiger partial charge in [0.15, 0.2) is 0 Å². The third-order valence-corrected chi connectivity index (χ3v) is 4.96. The maximum absolute atomic E-state index is 11.6. The maximum atomic E-state index is 11.6. The molecule has 0 aromatic heterocycles. The average Bonchev–Trinajstić information content (AvgIpc) is 2.67. The standard InChI is InChI=1S/C23H45NO4/c1-4-6-7-8-9-10-11-12-13-14-15-16-17-18-19-20-28-22(25)21-24(3)23(26)27-5-2/h4-21H2,1-3H3. The molecule has 0 saturated heterocycles. The summed E-state index contributed by atoms with van der Waals surface area (Å²) in [6.07, 6.45) is 19.2. The van der Waals surface area contributed by atoms with E-state index in [1.807, 2.05) is 0 Å². The zero-order valence-corrected chi connectivity index (χ0v) is 18.8. The molecule has 0 N–H and O–H groups in total. The predicted molar refractivity (Wildman–Crippen MR) is 116 cm³/mol. The van der Waals surface area contributed by atoms with Crippen molar-refractivity contribution in [1.82, 2.24) is 4.90 Å². The van der Waals surface area contributed by atoms with Crippen LogP contribution in [0.2, 0.25) is 0 Å². The van der Waals surface area contributed by atoms with Crippen molar-refractivity contribution in [2.45, 2.75) is 110 Å². The fraction of sp³-hybridized carbons (Fsp3) is 0.913. The Labute approximate surface area is 173 Å². The first-order valence-corrected chi connectivity index (χ1v) is 11.6. The molecule has 0 unspecified atom stereocenters. The van der Waals surface area contributed by atoms with Crippen LogP contribution in [-0.2, 0) is 14.3 Å². The second-order valence-electron chi connectivity index (χ2n) is 7.73. The molecule has 0 rings (SSSR count). The van der Waals surface area contributed by atoms with E-state index in [1.54, 1.807) is 6.92 Å². The smallest absolute Gasteiger partial charge is 0.410 e. The molecule has 0 heterocycles. The van der Waals surface area contributed by atoms with Gasteiger partial charge in [0.05, 0.1) is 13.2 Å². The van der Waals surface area contributed by atoms with Crippen molar-refractivity contribution in [1.29, 1.82) is 0 Å². The zero-order chi connectivity index (χ0) is 20.9. The molecule has 0 radical (unpaired) electrons. The summed E-state index contributed by atoms with van der Waals surface area (Å²) in [6, 6.07) is 0. The van der Waals surface area contributed by atoms with Crippen molar-refractivity contribution >= 4 is 12.1 Å². The van der Waals surface area contributed by atoms with Gasteiger partial charge in [-0.3, -0.25) is 4.79 Å². The third-order valence-electron chi connectivity index (χ3n) is 4.96. The molecule has 0 fully saturated rings. The number of unbranched alkanes of at least 4 members (excludes halogenated alkanes) is 14. The van der Waals surface area contributed by atoms with Crippen LogP contribution < -0.4 is 0 Å². The van der Waals surface area contributed by atoms with Crippen LogP contribution in [0.3, 0.4) is 0 Å². The van der Waals surface area contributed by atoms with Crippen LogP contribution >= 0.6 is 0 Å². The van der Waals surface area contributed by atoms with Gasteiger partial charge in [0.25, 0.3) is 0 Å². The number of esters is 1. The van der Waals surface area contributed by atoms with Gasteiger partial charge in [0.2, 0.25) is 0 Å². The van der Waals surface area contributed by atoms with Gasteiger partial charge >= 0.3 is 12.1 Å². The minimum Gasteiger partial charge on any atom is -0.464 e. The Bertz CT molecular complexity index is 374. The van der Waals surface area contributed by atoms with Gasteiger partial charge in [-0.25, -0.2) is 4.79 Å². The van der Waals surface area contributed by atoms with Crippen LogP contribution in [0.5, 0.6) is 0 Å². The molecule has 0 bridgehead atoms.